The number of nitrogens with one attached hydrogen (secondary N) is 2. The first kappa shape index (κ1) is 22.5. The second-order valence-electron chi connectivity index (χ2n) is 6.28. The van der Waals surface area contributed by atoms with Gasteiger partial charge in [-0.1, -0.05) is 32.0 Å². The SMILES string of the molecule is CC(C)COc1cccc(C(=O)Nc2ccccc2C(=O)NCCN)c1.Cl. The molecule has 6 nitrogen and oxygen atoms in total. The standard InChI is InChI=1S/C20H25N3O3.ClH/c1-14(2)13-26-16-7-5-6-15(12-16)19(24)23-18-9-4-3-8-17(18)20(25)22-11-10-21;/h3-9,12,14H,10-11,13,21H2,1-2H3,(H,22,25)(H,23,24);1H. The normalized spacial score (nSPS) is 10.1. The summed E-state index contributed by atoms with van der Waals surface area (Å²) >= 11 is 0. The van der Waals surface area contributed by atoms with Crippen LogP contribution < -0.4 is 21.1 Å². The maximum atomic E-state index is 12.6. The fourth-order valence-electron chi connectivity index (χ4n) is 2.26. The molecule has 2 amide bonds. The third-order valence-corrected chi connectivity index (χ3v) is 3.53. The van der Waals surface area contributed by atoms with Crippen LogP contribution in [-0.4, -0.2) is 31.5 Å². The lowest BCUT2D eigenvalue weighted by Crippen LogP contribution is -2.30. The minimum Gasteiger partial charge on any atom is -0.493 e. The van der Waals surface area contributed by atoms with Gasteiger partial charge in [0.05, 0.1) is 17.9 Å². The summed E-state index contributed by atoms with van der Waals surface area (Å²) in [6.45, 7) is 5.42. The smallest absolute Gasteiger partial charge is 0.255 e. The van der Waals surface area contributed by atoms with Gasteiger partial charge in [0.25, 0.3) is 11.8 Å². The van der Waals surface area contributed by atoms with Gasteiger partial charge in [-0.05, 0) is 36.2 Å². The largest absolute Gasteiger partial charge is 0.493 e. The number of ether oxygens (including phenoxy) is 1. The van der Waals surface area contributed by atoms with E-state index in [1.165, 1.54) is 0 Å². The van der Waals surface area contributed by atoms with E-state index in [0.717, 1.165) is 0 Å². The predicted molar refractivity (Wildman–Crippen MR) is 110 cm³/mol. The number of para-hydroxylation sites is 1. The molecule has 0 saturated heterocycles. The first-order valence-electron chi connectivity index (χ1n) is 8.62. The van der Waals surface area contributed by atoms with Crippen molar-refractivity contribution in [2.24, 2.45) is 11.7 Å². The second kappa shape index (κ2) is 11.2. The molecule has 0 spiro atoms. The summed E-state index contributed by atoms with van der Waals surface area (Å²) in [7, 11) is 0. The van der Waals surface area contributed by atoms with Crippen LogP contribution in [-0.2, 0) is 0 Å². The van der Waals surface area contributed by atoms with Crippen LogP contribution in [0.25, 0.3) is 0 Å². The average molecular weight is 392 g/mol. The summed E-state index contributed by atoms with van der Waals surface area (Å²) < 4.78 is 5.66. The monoisotopic (exact) mass is 391 g/mol. The molecule has 2 aromatic carbocycles. The Balaban J connectivity index is 0.00000364. The van der Waals surface area contributed by atoms with E-state index in [-0.39, 0.29) is 24.2 Å². The summed E-state index contributed by atoms with van der Waals surface area (Å²) in [5.74, 6) is 0.450. The molecule has 0 aliphatic rings. The van der Waals surface area contributed by atoms with Gasteiger partial charge in [-0.15, -0.1) is 12.4 Å². The molecule has 0 saturated carbocycles. The molecule has 0 aliphatic carbocycles. The van der Waals surface area contributed by atoms with E-state index >= 15 is 0 Å². The highest BCUT2D eigenvalue weighted by Crippen LogP contribution is 2.19. The van der Waals surface area contributed by atoms with Gasteiger partial charge in [0.1, 0.15) is 5.75 Å². The van der Waals surface area contributed by atoms with Gasteiger partial charge in [0.15, 0.2) is 0 Å². The third kappa shape index (κ3) is 6.92. The molecule has 0 atom stereocenters. The minimum absolute atomic E-state index is 0. The number of hydrogen-bond donors (Lipinski definition) is 3. The molecular weight excluding hydrogens is 366 g/mol. The molecule has 146 valence electrons. The van der Waals surface area contributed by atoms with Crippen molar-refractivity contribution < 1.29 is 14.3 Å². The number of benzene rings is 2. The van der Waals surface area contributed by atoms with Gasteiger partial charge in [-0.2, -0.15) is 0 Å². The van der Waals surface area contributed by atoms with E-state index < -0.39 is 0 Å². The zero-order chi connectivity index (χ0) is 18.9. The predicted octanol–water partition coefficient (Wildman–Crippen LogP) is 3.08. The fourth-order valence-corrected chi connectivity index (χ4v) is 2.26. The minimum atomic E-state index is -0.306. The molecular formula is C20H26ClN3O3. The van der Waals surface area contributed by atoms with Crippen LogP contribution in [0, 0.1) is 5.92 Å². The lowest BCUT2D eigenvalue weighted by Gasteiger charge is -2.12. The van der Waals surface area contributed by atoms with Crippen LogP contribution in [0.3, 0.4) is 0 Å². The van der Waals surface area contributed by atoms with Gasteiger partial charge in [-0.3, -0.25) is 9.59 Å². The molecule has 7 heteroatoms. The van der Waals surface area contributed by atoms with Crippen LogP contribution in [0.2, 0.25) is 0 Å². The molecule has 27 heavy (non-hydrogen) atoms. The van der Waals surface area contributed by atoms with E-state index in [1.807, 2.05) is 6.07 Å². The molecule has 0 aromatic heterocycles. The lowest BCUT2D eigenvalue weighted by molar-refractivity contribution is 0.0955. The molecule has 2 aromatic rings. The molecule has 2 rings (SSSR count). The van der Waals surface area contributed by atoms with Crippen molar-refractivity contribution in [2.75, 3.05) is 25.0 Å². The zero-order valence-corrected chi connectivity index (χ0v) is 16.3. The van der Waals surface area contributed by atoms with Crippen molar-refractivity contribution in [3.8, 4) is 5.75 Å². The van der Waals surface area contributed by atoms with Crippen LogP contribution in [0.1, 0.15) is 34.6 Å². The highest BCUT2D eigenvalue weighted by molar-refractivity contribution is 6.09. The van der Waals surface area contributed by atoms with Crippen molar-refractivity contribution >= 4 is 29.9 Å². The second-order valence-corrected chi connectivity index (χ2v) is 6.28. The zero-order valence-electron chi connectivity index (χ0n) is 15.5. The van der Waals surface area contributed by atoms with Gasteiger partial charge >= 0.3 is 0 Å². The number of hydrogen-bond acceptors (Lipinski definition) is 4. The van der Waals surface area contributed by atoms with Crippen LogP contribution in [0.5, 0.6) is 5.75 Å². The van der Waals surface area contributed by atoms with Gasteiger partial charge in [-0.25, -0.2) is 0 Å². The molecule has 4 N–H and O–H groups in total. The van der Waals surface area contributed by atoms with E-state index in [0.29, 0.717) is 48.2 Å². The van der Waals surface area contributed by atoms with E-state index in [2.05, 4.69) is 24.5 Å². The Bertz CT molecular complexity index is 766. The Labute approximate surface area is 165 Å². The summed E-state index contributed by atoms with van der Waals surface area (Å²) in [6.07, 6.45) is 0. The Kier molecular flexibility index (Phi) is 9.33. The maximum Gasteiger partial charge on any atom is 0.255 e. The van der Waals surface area contributed by atoms with Crippen LogP contribution >= 0.6 is 12.4 Å². The fraction of sp³-hybridized carbons (Fsp3) is 0.300. The van der Waals surface area contributed by atoms with Crippen molar-refractivity contribution in [1.82, 2.24) is 5.32 Å². The lowest BCUT2D eigenvalue weighted by atomic mass is 10.1. The molecule has 0 aliphatic heterocycles. The Hall–Kier alpha value is -2.57. The van der Waals surface area contributed by atoms with E-state index in [9.17, 15) is 9.59 Å². The Morgan fingerprint density at radius 1 is 1.07 bits per heavy atom. The van der Waals surface area contributed by atoms with E-state index in [4.69, 9.17) is 10.5 Å². The summed E-state index contributed by atoms with van der Waals surface area (Å²) in [4.78, 5) is 24.8. The number of rotatable bonds is 8. The highest BCUT2D eigenvalue weighted by atomic mass is 35.5. The summed E-state index contributed by atoms with van der Waals surface area (Å²) in [5.41, 5.74) is 6.71. The van der Waals surface area contributed by atoms with Crippen molar-refractivity contribution in [3.05, 3.63) is 59.7 Å². The number of amides is 2. The Morgan fingerprint density at radius 3 is 2.52 bits per heavy atom. The van der Waals surface area contributed by atoms with E-state index in [1.54, 1.807) is 42.5 Å². The summed E-state index contributed by atoms with van der Waals surface area (Å²) in [5, 5.41) is 5.49. The Morgan fingerprint density at radius 2 is 1.81 bits per heavy atom. The number of halogens is 1. The molecule has 0 fully saturated rings. The van der Waals surface area contributed by atoms with Gasteiger partial charge < -0.3 is 21.1 Å². The number of carbonyl (C=O) groups excluding carboxylic acids is 2. The topological polar surface area (TPSA) is 93.4 Å². The van der Waals surface area contributed by atoms with Crippen molar-refractivity contribution in [3.63, 3.8) is 0 Å². The number of anilines is 1. The van der Waals surface area contributed by atoms with Crippen LogP contribution in [0.15, 0.2) is 48.5 Å². The third-order valence-electron chi connectivity index (χ3n) is 3.53. The average Bonchev–Trinajstić information content (AvgIpc) is 2.65. The summed E-state index contributed by atoms with van der Waals surface area (Å²) in [6, 6.07) is 13.8. The highest BCUT2D eigenvalue weighted by Gasteiger charge is 2.14. The maximum absolute atomic E-state index is 12.6. The van der Waals surface area contributed by atoms with Crippen molar-refractivity contribution in [1.29, 1.82) is 0 Å². The quantitative estimate of drug-likeness (QED) is 0.644. The van der Waals surface area contributed by atoms with Gasteiger partial charge in [0, 0.05) is 18.7 Å². The first-order chi connectivity index (χ1) is 12.5. The molecule has 0 unspecified atom stereocenters. The number of nitrogens with two attached hydrogens (primary N) is 1. The van der Waals surface area contributed by atoms with Crippen molar-refractivity contribution in [2.45, 2.75) is 13.8 Å². The van der Waals surface area contributed by atoms with Gasteiger partial charge in [0.2, 0.25) is 0 Å². The molecule has 0 bridgehead atoms. The number of carbonyl (C=O) groups is 2. The molecule has 0 radical (unpaired) electrons. The molecule has 0 heterocycles. The first-order valence-corrected chi connectivity index (χ1v) is 8.62. The van der Waals surface area contributed by atoms with Crippen LogP contribution in [0.4, 0.5) is 5.69 Å².